The van der Waals surface area contributed by atoms with Gasteiger partial charge in [-0.3, -0.25) is 4.79 Å². The molecule has 9 heteroatoms. The molecule has 0 spiro atoms. The third kappa shape index (κ3) is 4.06. The van der Waals surface area contributed by atoms with Crippen LogP contribution in [0.1, 0.15) is 25.3 Å². The first-order valence-electron chi connectivity index (χ1n) is 9.44. The number of benzene rings is 1. The van der Waals surface area contributed by atoms with Crippen LogP contribution in [0, 0.1) is 5.92 Å². The topological polar surface area (TPSA) is 88.3 Å². The fraction of sp³-hybridized carbons (Fsp3) is 0.421. The largest absolute Gasteiger partial charge is 0.355 e. The predicted molar refractivity (Wildman–Crippen MR) is 106 cm³/mol. The predicted octanol–water partition coefficient (Wildman–Crippen LogP) is 2.14. The summed E-state index contributed by atoms with van der Waals surface area (Å²) in [6.45, 7) is 3.57. The van der Waals surface area contributed by atoms with Crippen molar-refractivity contribution in [3.63, 3.8) is 0 Å². The number of nitrogens with zero attached hydrogens (tertiary/aromatic N) is 6. The number of tetrazole rings is 1. The number of hydrogen-bond donors (Lipinski definition) is 1. The summed E-state index contributed by atoms with van der Waals surface area (Å²) in [5.74, 6) is 0.954. The molecule has 3 aromatic rings. The maximum atomic E-state index is 12.7. The number of rotatable bonds is 5. The third-order valence-corrected chi connectivity index (χ3v) is 5.49. The van der Waals surface area contributed by atoms with E-state index in [4.69, 9.17) is 11.6 Å². The summed E-state index contributed by atoms with van der Waals surface area (Å²) >= 11 is 6.22. The Bertz CT molecular complexity index is 968. The van der Waals surface area contributed by atoms with Gasteiger partial charge in [0.15, 0.2) is 11.5 Å². The van der Waals surface area contributed by atoms with Crippen LogP contribution in [0.4, 0.5) is 5.82 Å². The quantitative estimate of drug-likeness (QED) is 0.707. The SMILES string of the molecule is C[C@H](Cc1ccccc1Cl)NC(=O)C1CCN(c2ccc3nnnn3n2)CC1. The van der Waals surface area contributed by atoms with Crippen molar-refractivity contribution < 1.29 is 4.79 Å². The second-order valence-electron chi connectivity index (χ2n) is 7.18. The molecule has 1 fully saturated rings. The first-order valence-corrected chi connectivity index (χ1v) is 9.82. The number of piperidine rings is 1. The summed E-state index contributed by atoms with van der Waals surface area (Å²) in [7, 11) is 0. The van der Waals surface area contributed by atoms with Crippen LogP contribution < -0.4 is 10.2 Å². The highest BCUT2D eigenvalue weighted by Gasteiger charge is 2.26. The Morgan fingerprint density at radius 1 is 1.25 bits per heavy atom. The Labute approximate surface area is 167 Å². The van der Waals surface area contributed by atoms with Gasteiger partial charge >= 0.3 is 0 Å². The lowest BCUT2D eigenvalue weighted by Gasteiger charge is -2.32. The normalized spacial score (nSPS) is 16.3. The number of anilines is 1. The van der Waals surface area contributed by atoms with Crippen molar-refractivity contribution in [2.45, 2.75) is 32.2 Å². The third-order valence-electron chi connectivity index (χ3n) is 5.12. The number of carbonyl (C=O) groups is 1. The smallest absolute Gasteiger partial charge is 0.223 e. The second-order valence-corrected chi connectivity index (χ2v) is 7.59. The molecule has 146 valence electrons. The molecule has 0 radical (unpaired) electrons. The fourth-order valence-electron chi connectivity index (χ4n) is 3.59. The van der Waals surface area contributed by atoms with Gasteiger partial charge in [0.1, 0.15) is 0 Å². The van der Waals surface area contributed by atoms with E-state index < -0.39 is 0 Å². The summed E-state index contributed by atoms with van der Waals surface area (Å²) in [6, 6.07) is 11.5. The molecule has 8 nitrogen and oxygen atoms in total. The zero-order valence-corrected chi connectivity index (χ0v) is 16.4. The summed E-state index contributed by atoms with van der Waals surface area (Å²) in [5, 5.41) is 19.6. The molecule has 1 aromatic carbocycles. The fourth-order valence-corrected chi connectivity index (χ4v) is 3.80. The zero-order chi connectivity index (χ0) is 19.5. The summed E-state index contributed by atoms with van der Waals surface area (Å²) in [4.78, 5) is 14.8. The first-order chi connectivity index (χ1) is 13.6. The molecule has 1 aliphatic rings. The van der Waals surface area contributed by atoms with E-state index in [1.54, 1.807) is 0 Å². The number of halogens is 1. The summed E-state index contributed by atoms with van der Waals surface area (Å²) in [5.41, 5.74) is 1.67. The van der Waals surface area contributed by atoms with Crippen molar-refractivity contribution in [2.75, 3.05) is 18.0 Å². The lowest BCUT2D eigenvalue weighted by Crippen LogP contribution is -2.44. The molecular weight excluding hydrogens is 378 g/mol. The van der Waals surface area contributed by atoms with Crippen molar-refractivity contribution in [3.8, 4) is 0 Å². The standard InChI is InChI=1S/C19H22ClN7O/c1-13(12-15-4-2-3-5-16(15)20)21-19(28)14-8-10-26(11-9-14)18-7-6-17-22-24-25-27(17)23-18/h2-7,13-14H,8-12H2,1H3,(H,21,28)/t13-/m1/s1. The van der Waals surface area contributed by atoms with E-state index in [0.29, 0.717) is 5.65 Å². The summed E-state index contributed by atoms with van der Waals surface area (Å²) in [6.07, 6.45) is 2.31. The molecule has 4 rings (SSSR count). The number of fused-ring (bicyclic) bond motifs is 1. The van der Waals surface area contributed by atoms with E-state index in [-0.39, 0.29) is 17.9 Å². The first kappa shape index (κ1) is 18.6. The molecule has 0 aliphatic carbocycles. The van der Waals surface area contributed by atoms with Crippen LogP contribution in [0.5, 0.6) is 0 Å². The van der Waals surface area contributed by atoms with Gasteiger partial charge in [-0.05, 0) is 60.4 Å². The van der Waals surface area contributed by atoms with Crippen LogP contribution in [-0.4, -0.2) is 50.3 Å². The number of hydrogen-bond acceptors (Lipinski definition) is 6. The average molecular weight is 400 g/mol. The molecule has 1 saturated heterocycles. The Hall–Kier alpha value is -2.74. The van der Waals surface area contributed by atoms with Crippen molar-refractivity contribution in [2.24, 2.45) is 5.92 Å². The minimum Gasteiger partial charge on any atom is -0.355 e. The number of nitrogens with one attached hydrogen (secondary N) is 1. The van der Waals surface area contributed by atoms with Gasteiger partial charge < -0.3 is 10.2 Å². The molecule has 1 atom stereocenters. The Kier molecular flexibility index (Phi) is 5.38. The minimum absolute atomic E-state index is 0.0155. The summed E-state index contributed by atoms with van der Waals surface area (Å²) < 4.78 is 1.42. The highest BCUT2D eigenvalue weighted by molar-refractivity contribution is 6.31. The van der Waals surface area contributed by atoms with Crippen LogP contribution in [0.25, 0.3) is 5.65 Å². The molecule has 2 aromatic heterocycles. The van der Waals surface area contributed by atoms with Gasteiger partial charge in [-0.15, -0.1) is 14.8 Å². The van der Waals surface area contributed by atoms with Crippen molar-refractivity contribution in [1.29, 1.82) is 0 Å². The van der Waals surface area contributed by atoms with Gasteiger partial charge in [0, 0.05) is 30.1 Å². The zero-order valence-electron chi connectivity index (χ0n) is 15.6. The lowest BCUT2D eigenvalue weighted by atomic mass is 9.95. The van der Waals surface area contributed by atoms with E-state index in [9.17, 15) is 4.79 Å². The number of carbonyl (C=O) groups excluding carboxylic acids is 1. The highest BCUT2D eigenvalue weighted by atomic mass is 35.5. The molecular formula is C19H22ClN7O. The molecule has 3 heterocycles. The van der Waals surface area contributed by atoms with Gasteiger partial charge in [0.2, 0.25) is 5.91 Å². The monoisotopic (exact) mass is 399 g/mol. The highest BCUT2D eigenvalue weighted by Crippen LogP contribution is 2.22. The van der Waals surface area contributed by atoms with Crippen LogP contribution in [0.3, 0.4) is 0 Å². The van der Waals surface area contributed by atoms with Gasteiger partial charge in [-0.1, -0.05) is 29.8 Å². The molecule has 1 N–H and O–H groups in total. The average Bonchev–Trinajstić information content (AvgIpc) is 3.17. The van der Waals surface area contributed by atoms with E-state index in [1.807, 2.05) is 43.3 Å². The Morgan fingerprint density at radius 2 is 2.04 bits per heavy atom. The van der Waals surface area contributed by atoms with Crippen LogP contribution in [0.15, 0.2) is 36.4 Å². The molecule has 1 amide bonds. The van der Waals surface area contributed by atoms with Crippen LogP contribution >= 0.6 is 11.6 Å². The van der Waals surface area contributed by atoms with Crippen molar-refractivity contribution in [1.82, 2.24) is 30.6 Å². The van der Waals surface area contributed by atoms with Crippen LogP contribution in [-0.2, 0) is 11.2 Å². The van der Waals surface area contributed by atoms with Gasteiger partial charge in [-0.25, -0.2) is 0 Å². The van der Waals surface area contributed by atoms with Crippen molar-refractivity contribution in [3.05, 3.63) is 47.0 Å². The van der Waals surface area contributed by atoms with E-state index >= 15 is 0 Å². The minimum atomic E-state index is 0.0155. The molecule has 0 bridgehead atoms. The maximum Gasteiger partial charge on any atom is 0.223 e. The van der Waals surface area contributed by atoms with E-state index in [2.05, 4.69) is 30.8 Å². The van der Waals surface area contributed by atoms with E-state index in [0.717, 1.165) is 48.8 Å². The van der Waals surface area contributed by atoms with Crippen LogP contribution in [0.2, 0.25) is 5.02 Å². The molecule has 1 aliphatic heterocycles. The van der Waals surface area contributed by atoms with Gasteiger partial charge in [0.05, 0.1) is 0 Å². The van der Waals surface area contributed by atoms with Gasteiger partial charge in [0.25, 0.3) is 0 Å². The Morgan fingerprint density at radius 3 is 2.82 bits per heavy atom. The maximum absolute atomic E-state index is 12.7. The number of amides is 1. The van der Waals surface area contributed by atoms with Crippen molar-refractivity contribution >= 4 is 29.0 Å². The molecule has 0 saturated carbocycles. The molecule has 0 unspecified atom stereocenters. The van der Waals surface area contributed by atoms with Gasteiger partial charge in [-0.2, -0.15) is 0 Å². The van der Waals surface area contributed by atoms with E-state index in [1.165, 1.54) is 4.63 Å². The second kappa shape index (κ2) is 8.10. The molecule has 28 heavy (non-hydrogen) atoms. The Balaban J connectivity index is 1.30. The number of aromatic nitrogens is 5. The lowest BCUT2D eigenvalue weighted by molar-refractivity contribution is -0.126.